The summed E-state index contributed by atoms with van der Waals surface area (Å²) in [6.07, 6.45) is -0.573. The summed E-state index contributed by atoms with van der Waals surface area (Å²) < 4.78 is 17.3. The molecule has 0 bridgehead atoms. The molecule has 5 nitrogen and oxygen atoms in total. The Morgan fingerprint density at radius 3 is 2.31 bits per heavy atom. The number of rotatable bonds is 8. The van der Waals surface area contributed by atoms with Crippen molar-refractivity contribution in [3.63, 3.8) is 0 Å². The topological polar surface area (TPSA) is 48.0 Å². The van der Waals surface area contributed by atoms with Crippen LogP contribution in [-0.4, -0.2) is 37.7 Å². The monoisotopic (exact) mass is 421 g/mol. The zero-order chi connectivity index (χ0) is 19.1. The lowest BCUT2D eigenvalue weighted by molar-refractivity contribution is -0.138. The minimum atomic E-state index is -0.573. The Labute approximate surface area is 163 Å². The Bertz CT molecular complexity index is 733. The Morgan fingerprint density at radius 1 is 1.08 bits per heavy atom. The second kappa shape index (κ2) is 9.48. The molecular weight excluding hydrogens is 398 g/mol. The number of amides is 1. The maximum absolute atomic E-state index is 12.8. The Hall–Kier alpha value is -2.21. The number of ether oxygens (including phenoxy) is 3. The fourth-order valence-corrected chi connectivity index (χ4v) is 2.83. The maximum Gasteiger partial charge on any atom is 0.263 e. The van der Waals surface area contributed by atoms with Crippen LogP contribution >= 0.6 is 15.9 Å². The van der Waals surface area contributed by atoms with Crippen molar-refractivity contribution < 1.29 is 19.0 Å². The highest BCUT2D eigenvalue weighted by Crippen LogP contribution is 2.28. The summed E-state index contributed by atoms with van der Waals surface area (Å²) in [5.74, 6) is 1.91. The number of likely N-dealkylation sites (N-methyl/N-ethyl adjacent to an activating group) is 1. The summed E-state index contributed by atoms with van der Waals surface area (Å²) in [6.45, 7) is 4.78. The molecule has 1 amide bonds. The van der Waals surface area contributed by atoms with Crippen molar-refractivity contribution in [3.05, 3.63) is 52.5 Å². The van der Waals surface area contributed by atoms with Crippen LogP contribution in [0.25, 0.3) is 0 Å². The number of carbonyl (C=O) groups is 1. The average Bonchev–Trinajstić information content (AvgIpc) is 2.67. The van der Waals surface area contributed by atoms with Gasteiger partial charge in [0, 0.05) is 17.6 Å². The van der Waals surface area contributed by atoms with Crippen LogP contribution in [0.3, 0.4) is 0 Å². The summed E-state index contributed by atoms with van der Waals surface area (Å²) in [6, 6.07) is 13.1. The molecule has 0 fully saturated rings. The van der Waals surface area contributed by atoms with E-state index >= 15 is 0 Å². The molecule has 0 aromatic heterocycles. The molecule has 0 heterocycles. The average molecular weight is 422 g/mol. The minimum absolute atomic E-state index is 0.0646. The van der Waals surface area contributed by atoms with E-state index in [-0.39, 0.29) is 5.91 Å². The molecule has 0 radical (unpaired) electrons. The summed E-state index contributed by atoms with van der Waals surface area (Å²) >= 11 is 3.38. The first-order valence-electron chi connectivity index (χ1n) is 8.40. The van der Waals surface area contributed by atoms with Crippen LogP contribution in [0.4, 0.5) is 0 Å². The van der Waals surface area contributed by atoms with Gasteiger partial charge in [-0.2, -0.15) is 0 Å². The standard InChI is InChI=1S/C20H24BrNO4/c1-5-22(13-15-6-11-18(24-3)19(12-15)25-4)20(23)14(2)26-17-9-7-16(21)8-10-17/h6-12,14H,5,13H2,1-4H3. The second-order valence-corrected chi connectivity index (χ2v) is 6.67. The third-order valence-electron chi connectivity index (χ3n) is 3.99. The van der Waals surface area contributed by atoms with Crippen LogP contribution in [0, 0.1) is 0 Å². The molecule has 2 rings (SSSR count). The summed E-state index contributed by atoms with van der Waals surface area (Å²) in [4.78, 5) is 14.5. The molecule has 0 saturated heterocycles. The van der Waals surface area contributed by atoms with Crippen molar-refractivity contribution in [2.24, 2.45) is 0 Å². The first-order chi connectivity index (χ1) is 12.5. The van der Waals surface area contributed by atoms with Crippen molar-refractivity contribution >= 4 is 21.8 Å². The predicted molar refractivity (Wildman–Crippen MR) is 105 cm³/mol. The molecule has 0 aliphatic heterocycles. The third kappa shape index (κ3) is 5.14. The van der Waals surface area contributed by atoms with Crippen LogP contribution in [-0.2, 0) is 11.3 Å². The molecule has 0 saturated carbocycles. The normalized spacial score (nSPS) is 11.6. The molecule has 6 heteroatoms. The van der Waals surface area contributed by atoms with Gasteiger partial charge in [-0.3, -0.25) is 4.79 Å². The number of hydrogen-bond acceptors (Lipinski definition) is 4. The van der Waals surface area contributed by atoms with Crippen molar-refractivity contribution in [1.82, 2.24) is 4.90 Å². The molecular formula is C20H24BrNO4. The van der Waals surface area contributed by atoms with Crippen LogP contribution in [0.2, 0.25) is 0 Å². The fourth-order valence-electron chi connectivity index (χ4n) is 2.57. The first kappa shape index (κ1) is 20.1. The lowest BCUT2D eigenvalue weighted by Crippen LogP contribution is -2.39. The van der Waals surface area contributed by atoms with Crippen LogP contribution in [0.15, 0.2) is 46.9 Å². The highest BCUT2D eigenvalue weighted by Gasteiger charge is 2.21. The fraction of sp³-hybridized carbons (Fsp3) is 0.350. The van der Waals surface area contributed by atoms with Gasteiger partial charge in [0.25, 0.3) is 5.91 Å². The molecule has 0 spiro atoms. The van der Waals surface area contributed by atoms with E-state index in [0.717, 1.165) is 10.0 Å². The molecule has 0 aliphatic carbocycles. The molecule has 26 heavy (non-hydrogen) atoms. The van der Waals surface area contributed by atoms with Gasteiger partial charge < -0.3 is 19.1 Å². The molecule has 140 valence electrons. The molecule has 1 atom stereocenters. The number of halogens is 1. The van der Waals surface area contributed by atoms with Gasteiger partial charge in [-0.05, 0) is 55.8 Å². The summed E-state index contributed by atoms with van der Waals surface area (Å²) in [5.41, 5.74) is 0.966. The van der Waals surface area contributed by atoms with E-state index in [9.17, 15) is 4.79 Å². The van der Waals surface area contributed by atoms with Crippen LogP contribution in [0.5, 0.6) is 17.2 Å². The van der Waals surface area contributed by atoms with Crippen molar-refractivity contribution in [3.8, 4) is 17.2 Å². The zero-order valence-electron chi connectivity index (χ0n) is 15.5. The Balaban J connectivity index is 2.06. The van der Waals surface area contributed by atoms with E-state index in [1.807, 2.05) is 49.4 Å². The first-order valence-corrected chi connectivity index (χ1v) is 9.19. The summed E-state index contributed by atoms with van der Waals surface area (Å²) in [5, 5.41) is 0. The maximum atomic E-state index is 12.8. The van der Waals surface area contributed by atoms with Crippen LogP contribution < -0.4 is 14.2 Å². The van der Waals surface area contributed by atoms with Gasteiger partial charge in [0.1, 0.15) is 5.75 Å². The van der Waals surface area contributed by atoms with Gasteiger partial charge in [0.15, 0.2) is 17.6 Å². The van der Waals surface area contributed by atoms with Gasteiger partial charge in [-0.15, -0.1) is 0 Å². The highest BCUT2D eigenvalue weighted by molar-refractivity contribution is 9.10. The molecule has 2 aromatic carbocycles. The van der Waals surface area contributed by atoms with E-state index in [1.165, 1.54) is 0 Å². The van der Waals surface area contributed by atoms with Gasteiger partial charge in [0.2, 0.25) is 0 Å². The Kier molecular flexibility index (Phi) is 7.33. The minimum Gasteiger partial charge on any atom is -0.493 e. The van der Waals surface area contributed by atoms with E-state index < -0.39 is 6.10 Å². The molecule has 1 unspecified atom stereocenters. The van der Waals surface area contributed by atoms with E-state index in [4.69, 9.17) is 14.2 Å². The lowest BCUT2D eigenvalue weighted by atomic mass is 10.1. The predicted octanol–water partition coefficient (Wildman–Crippen LogP) is 4.28. The second-order valence-electron chi connectivity index (χ2n) is 5.76. The SMILES string of the molecule is CCN(Cc1ccc(OC)c(OC)c1)C(=O)C(C)Oc1ccc(Br)cc1. The van der Waals surface area contributed by atoms with E-state index in [1.54, 1.807) is 26.0 Å². The van der Waals surface area contributed by atoms with Crippen LogP contribution in [0.1, 0.15) is 19.4 Å². The van der Waals surface area contributed by atoms with Crippen molar-refractivity contribution in [1.29, 1.82) is 0 Å². The number of benzene rings is 2. The Morgan fingerprint density at radius 2 is 1.73 bits per heavy atom. The smallest absolute Gasteiger partial charge is 0.263 e. The lowest BCUT2D eigenvalue weighted by Gasteiger charge is -2.25. The van der Waals surface area contributed by atoms with Gasteiger partial charge in [0.05, 0.1) is 14.2 Å². The number of carbonyl (C=O) groups excluding carboxylic acids is 1. The molecule has 0 N–H and O–H groups in total. The highest BCUT2D eigenvalue weighted by atomic mass is 79.9. The van der Waals surface area contributed by atoms with Gasteiger partial charge in [-0.25, -0.2) is 0 Å². The third-order valence-corrected chi connectivity index (χ3v) is 4.52. The quantitative estimate of drug-likeness (QED) is 0.637. The summed E-state index contributed by atoms with van der Waals surface area (Å²) in [7, 11) is 3.19. The van der Waals surface area contributed by atoms with Crippen molar-refractivity contribution in [2.45, 2.75) is 26.5 Å². The molecule has 0 aliphatic rings. The number of hydrogen-bond donors (Lipinski definition) is 0. The largest absolute Gasteiger partial charge is 0.493 e. The zero-order valence-corrected chi connectivity index (χ0v) is 17.1. The molecule has 2 aromatic rings. The van der Waals surface area contributed by atoms with E-state index in [0.29, 0.717) is 30.3 Å². The van der Waals surface area contributed by atoms with E-state index in [2.05, 4.69) is 15.9 Å². The number of methoxy groups -OCH3 is 2. The van der Waals surface area contributed by atoms with Gasteiger partial charge in [-0.1, -0.05) is 22.0 Å². The number of nitrogens with zero attached hydrogens (tertiary/aromatic N) is 1. The van der Waals surface area contributed by atoms with Gasteiger partial charge >= 0.3 is 0 Å². The van der Waals surface area contributed by atoms with Crippen molar-refractivity contribution in [2.75, 3.05) is 20.8 Å².